The summed E-state index contributed by atoms with van der Waals surface area (Å²) in [5.41, 5.74) is 1.01. The highest BCUT2D eigenvalue weighted by Gasteiger charge is 2.30. The van der Waals surface area contributed by atoms with Gasteiger partial charge in [-0.15, -0.1) is 0 Å². The lowest BCUT2D eigenvalue weighted by atomic mass is 10.1. The maximum atomic E-state index is 12.8. The summed E-state index contributed by atoms with van der Waals surface area (Å²) in [7, 11) is -3.37. The molecular formula is C16H26N2O2S. The highest BCUT2D eigenvalue weighted by atomic mass is 32.2. The first-order chi connectivity index (χ1) is 9.98. The van der Waals surface area contributed by atoms with E-state index in [1.54, 1.807) is 16.4 Å². The van der Waals surface area contributed by atoms with Crippen LogP contribution in [0.1, 0.15) is 45.2 Å². The van der Waals surface area contributed by atoms with E-state index in [-0.39, 0.29) is 6.04 Å². The molecule has 1 fully saturated rings. The quantitative estimate of drug-likeness (QED) is 0.803. The molecule has 1 aromatic rings. The van der Waals surface area contributed by atoms with Gasteiger partial charge in [0.2, 0.25) is 10.0 Å². The molecule has 0 saturated heterocycles. The second kappa shape index (κ2) is 6.90. The van der Waals surface area contributed by atoms with Gasteiger partial charge < -0.3 is 5.32 Å². The van der Waals surface area contributed by atoms with Crippen molar-refractivity contribution in [2.45, 2.75) is 44.6 Å². The number of nitrogens with zero attached hydrogens (tertiary/aromatic N) is 1. The molecule has 5 heteroatoms. The van der Waals surface area contributed by atoms with E-state index >= 15 is 0 Å². The summed E-state index contributed by atoms with van der Waals surface area (Å²) < 4.78 is 27.1. The third-order valence-electron chi connectivity index (χ3n) is 4.02. The van der Waals surface area contributed by atoms with Crippen LogP contribution >= 0.6 is 0 Å². The number of nitrogens with one attached hydrogen (secondary N) is 1. The van der Waals surface area contributed by atoms with Crippen molar-refractivity contribution in [3.8, 4) is 0 Å². The van der Waals surface area contributed by atoms with Crippen LogP contribution in [0.5, 0.6) is 0 Å². The molecule has 0 spiro atoms. The van der Waals surface area contributed by atoms with Crippen LogP contribution in [0, 0.1) is 5.92 Å². The van der Waals surface area contributed by atoms with Crippen molar-refractivity contribution in [3.05, 3.63) is 29.8 Å². The Morgan fingerprint density at radius 2 is 2.05 bits per heavy atom. The minimum absolute atomic E-state index is 0.156. The van der Waals surface area contributed by atoms with Crippen molar-refractivity contribution < 1.29 is 8.42 Å². The van der Waals surface area contributed by atoms with Crippen LogP contribution in [-0.4, -0.2) is 32.4 Å². The Bertz CT molecular complexity index is 567. The maximum Gasteiger partial charge on any atom is 0.243 e. The van der Waals surface area contributed by atoms with Crippen molar-refractivity contribution in [1.82, 2.24) is 9.62 Å². The molecule has 0 aliphatic heterocycles. The van der Waals surface area contributed by atoms with Gasteiger partial charge in [-0.3, -0.25) is 0 Å². The molecular weight excluding hydrogens is 284 g/mol. The van der Waals surface area contributed by atoms with Gasteiger partial charge in [-0.05, 0) is 49.9 Å². The maximum absolute atomic E-state index is 12.8. The lowest BCUT2D eigenvalue weighted by molar-refractivity contribution is 0.412. The van der Waals surface area contributed by atoms with Crippen LogP contribution in [0.3, 0.4) is 0 Å². The monoisotopic (exact) mass is 310 g/mol. The smallest absolute Gasteiger partial charge is 0.243 e. The zero-order valence-corrected chi connectivity index (χ0v) is 14.0. The molecule has 0 bridgehead atoms. The van der Waals surface area contributed by atoms with Gasteiger partial charge in [0, 0.05) is 19.1 Å². The Hall–Kier alpha value is -0.910. The Labute approximate surface area is 128 Å². The molecule has 1 atom stereocenters. The Morgan fingerprint density at radius 3 is 2.62 bits per heavy atom. The fraction of sp³-hybridized carbons (Fsp3) is 0.625. The lowest BCUT2D eigenvalue weighted by Crippen LogP contribution is -2.33. The molecule has 1 aliphatic rings. The van der Waals surface area contributed by atoms with Crippen molar-refractivity contribution in [2.75, 3.05) is 19.6 Å². The first-order valence-electron chi connectivity index (χ1n) is 7.82. The second-order valence-electron chi connectivity index (χ2n) is 5.75. The summed E-state index contributed by atoms with van der Waals surface area (Å²) >= 11 is 0. The van der Waals surface area contributed by atoms with E-state index in [4.69, 9.17) is 0 Å². The average Bonchev–Trinajstić information content (AvgIpc) is 3.29. The third kappa shape index (κ3) is 4.05. The summed E-state index contributed by atoms with van der Waals surface area (Å²) in [4.78, 5) is 0.409. The van der Waals surface area contributed by atoms with Gasteiger partial charge in [-0.2, -0.15) is 4.31 Å². The summed E-state index contributed by atoms with van der Waals surface area (Å²) in [6, 6.07) is 7.47. The van der Waals surface area contributed by atoms with Gasteiger partial charge in [-0.25, -0.2) is 8.42 Å². The van der Waals surface area contributed by atoms with Crippen molar-refractivity contribution in [1.29, 1.82) is 0 Å². The number of hydrogen-bond acceptors (Lipinski definition) is 3. The highest BCUT2D eigenvalue weighted by Crippen LogP contribution is 2.31. The molecule has 1 aliphatic carbocycles. The first-order valence-corrected chi connectivity index (χ1v) is 9.26. The average molecular weight is 310 g/mol. The summed E-state index contributed by atoms with van der Waals surface area (Å²) in [5, 5.41) is 3.32. The van der Waals surface area contributed by atoms with Gasteiger partial charge in [0.1, 0.15) is 0 Å². The van der Waals surface area contributed by atoms with E-state index in [1.807, 2.05) is 26.0 Å². The first kappa shape index (κ1) is 16.5. The van der Waals surface area contributed by atoms with Gasteiger partial charge in [0.15, 0.2) is 0 Å². The Kier molecular flexibility index (Phi) is 5.41. The van der Waals surface area contributed by atoms with Crippen molar-refractivity contribution in [2.24, 2.45) is 5.92 Å². The zero-order chi connectivity index (χ0) is 15.5. The molecule has 1 N–H and O–H groups in total. The van der Waals surface area contributed by atoms with E-state index in [0.717, 1.165) is 24.9 Å². The molecule has 21 heavy (non-hydrogen) atoms. The van der Waals surface area contributed by atoms with Crippen LogP contribution in [0.2, 0.25) is 0 Å². The fourth-order valence-electron chi connectivity index (χ4n) is 2.50. The number of rotatable bonds is 8. The Balaban J connectivity index is 2.23. The predicted octanol–water partition coefficient (Wildman–Crippen LogP) is 2.78. The molecule has 0 radical (unpaired) electrons. The molecule has 118 valence electrons. The predicted molar refractivity (Wildman–Crippen MR) is 85.7 cm³/mol. The molecule has 0 amide bonds. The van der Waals surface area contributed by atoms with E-state index in [0.29, 0.717) is 23.9 Å². The van der Waals surface area contributed by atoms with Crippen molar-refractivity contribution in [3.63, 3.8) is 0 Å². The largest absolute Gasteiger partial charge is 0.310 e. The lowest BCUT2D eigenvalue weighted by Gasteiger charge is -2.21. The van der Waals surface area contributed by atoms with Crippen LogP contribution in [0.15, 0.2) is 29.2 Å². The van der Waals surface area contributed by atoms with Crippen LogP contribution < -0.4 is 5.32 Å². The topological polar surface area (TPSA) is 49.4 Å². The van der Waals surface area contributed by atoms with Crippen LogP contribution in [0.4, 0.5) is 0 Å². The molecule has 2 rings (SSSR count). The molecule has 4 nitrogen and oxygen atoms in total. The fourth-order valence-corrected chi connectivity index (χ4v) is 4.08. The molecule has 0 aromatic heterocycles. The summed E-state index contributed by atoms with van der Waals surface area (Å²) in [5.74, 6) is 0.559. The van der Waals surface area contributed by atoms with E-state index < -0.39 is 10.0 Å². The molecule has 1 saturated carbocycles. The normalized spacial score (nSPS) is 17.1. The van der Waals surface area contributed by atoms with E-state index in [9.17, 15) is 8.42 Å². The molecule has 0 heterocycles. The molecule has 1 unspecified atom stereocenters. The Morgan fingerprint density at radius 1 is 1.33 bits per heavy atom. The highest BCUT2D eigenvalue weighted by molar-refractivity contribution is 7.89. The van der Waals surface area contributed by atoms with Gasteiger partial charge in [0.25, 0.3) is 0 Å². The summed E-state index contributed by atoms with van der Waals surface area (Å²) in [6.45, 7) is 8.06. The number of sulfonamides is 1. The zero-order valence-electron chi connectivity index (χ0n) is 13.2. The van der Waals surface area contributed by atoms with Crippen LogP contribution in [-0.2, 0) is 10.0 Å². The van der Waals surface area contributed by atoms with Crippen molar-refractivity contribution >= 4 is 10.0 Å². The SMILES string of the molecule is CCNC(C)c1cccc(S(=O)(=O)N(CC)CC2CC2)c1. The van der Waals surface area contributed by atoms with Crippen LogP contribution in [0.25, 0.3) is 0 Å². The molecule has 1 aromatic carbocycles. The number of benzene rings is 1. The third-order valence-corrected chi connectivity index (χ3v) is 5.95. The summed E-state index contributed by atoms with van der Waals surface area (Å²) in [6.07, 6.45) is 2.31. The van der Waals surface area contributed by atoms with E-state index in [2.05, 4.69) is 12.2 Å². The van der Waals surface area contributed by atoms with E-state index in [1.165, 1.54) is 0 Å². The second-order valence-corrected chi connectivity index (χ2v) is 7.69. The standard InChI is InChI=1S/C16H26N2O2S/c1-4-17-13(3)15-7-6-8-16(11-15)21(19,20)18(5-2)12-14-9-10-14/h6-8,11,13-14,17H,4-5,9-10,12H2,1-3H3. The van der Waals surface area contributed by atoms with Gasteiger partial charge in [0.05, 0.1) is 4.90 Å². The number of hydrogen-bond donors (Lipinski definition) is 1. The van der Waals surface area contributed by atoms with Gasteiger partial charge in [-0.1, -0.05) is 26.0 Å². The minimum Gasteiger partial charge on any atom is -0.310 e. The minimum atomic E-state index is -3.37. The van der Waals surface area contributed by atoms with Gasteiger partial charge >= 0.3 is 0 Å².